The highest BCUT2D eigenvalue weighted by Gasteiger charge is 2.41. The van der Waals surface area contributed by atoms with E-state index in [1.165, 1.54) is 5.56 Å². The molecule has 1 amide bonds. The fraction of sp³-hybridized carbons (Fsp3) is 0.588. The fourth-order valence-electron chi connectivity index (χ4n) is 3.15. The molecule has 0 aliphatic heterocycles. The molecule has 0 radical (unpaired) electrons. The van der Waals surface area contributed by atoms with Crippen LogP contribution < -0.4 is 5.73 Å². The highest BCUT2D eigenvalue weighted by atomic mass is 16.2. The summed E-state index contributed by atoms with van der Waals surface area (Å²) in [5.74, 6) is 0.942. The van der Waals surface area contributed by atoms with Crippen LogP contribution in [0.15, 0.2) is 30.3 Å². The summed E-state index contributed by atoms with van der Waals surface area (Å²) in [7, 11) is 1.89. The van der Waals surface area contributed by atoms with E-state index in [4.69, 9.17) is 5.73 Å². The molecule has 1 aromatic rings. The summed E-state index contributed by atoms with van der Waals surface area (Å²) in [6, 6.07) is 10.1. The lowest BCUT2D eigenvalue weighted by Crippen LogP contribution is -2.48. The Hall–Kier alpha value is -1.35. The second-order valence-electron chi connectivity index (χ2n) is 6.31. The summed E-state index contributed by atoms with van der Waals surface area (Å²) >= 11 is 0. The lowest BCUT2D eigenvalue weighted by atomic mass is 9.70. The van der Waals surface area contributed by atoms with E-state index in [-0.39, 0.29) is 11.3 Å². The number of nitrogens with two attached hydrogens (primary N) is 1. The van der Waals surface area contributed by atoms with Crippen molar-refractivity contribution in [2.75, 3.05) is 13.6 Å². The lowest BCUT2D eigenvalue weighted by molar-refractivity contribution is -0.143. The van der Waals surface area contributed by atoms with Crippen LogP contribution in [0, 0.1) is 11.3 Å². The van der Waals surface area contributed by atoms with Crippen LogP contribution in [-0.2, 0) is 11.3 Å². The Morgan fingerprint density at radius 2 is 1.90 bits per heavy atom. The van der Waals surface area contributed by atoms with Crippen molar-refractivity contribution in [1.29, 1.82) is 0 Å². The van der Waals surface area contributed by atoms with Gasteiger partial charge in [-0.05, 0) is 37.2 Å². The molecule has 3 heteroatoms. The largest absolute Gasteiger partial charge is 0.341 e. The molecule has 1 fully saturated rings. The van der Waals surface area contributed by atoms with Gasteiger partial charge in [0, 0.05) is 20.1 Å². The van der Waals surface area contributed by atoms with E-state index in [0.717, 1.165) is 31.6 Å². The van der Waals surface area contributed by atoms with Crippen LogP contribution in [0.4, 0.5) is 0 Å². The smallest absolute Gasteiger partial charge is 0.230 e. The summed E-state index contributed by atoms with van der Waals surface area (Å²) < 4.78 is 0. The summed E-state index contributed by atoms with van der Waals surface area (Å²) in [5, 5.41) is 0. The van der Waals surface area contributed by atoms with Crippen LogP contribution in [0.1, 0.15) is 38.2 Å². The minimum absolute atomic E-state index is 0.218. The summed E-state index contributed by atoms with van der Waals surface area (Å²) in [5.41, 5.74) is 6.81. The minimum Gasteiger partial charge on any atom is -0.341 e. The Bertz CT molecular complexity index is 436. The molecule has 3 nitrogen and oxygen atoms in total. The molecule has 1 aliphatic rings. The van der Waals surface area contributed by atoms with Crippen LogP contribution in [0.3, 0.4) is 0 Å². The standard InChI is InChI=1S/C17H26N2O/c1-14-8-10-17(13-18,11-9-14)16(20)19(2)12-15-6-4-3-5-7-15/h3-7,14H,8-13,18H2,1-2H3. The molecule has 1 saturated carbocycles. The molecule has 0 atom stereocenters. The summed E-state index contributed by atoms with van der Waals surface area (Å²) in [4.78, 5) is 14.7. The Morgan fingerprint density at radius 3 is 2.45 bits per heavy atom. The van der Waals surface area contributed by atoms with Gasteiger partial charge < -0.3 is 10.6 Å². The monoisotopic (exact) mass is 274 g/mol. The maximum atomic E-state index is 12.8. The molecule has 1 aliphatic carbocycles. The number of rotatable bonds is 4. The highest BCUT2D eigenvalue weighted by molar-refractivity contribution is 5.83. The molecule has 0 spiro atoms. The predicted molar refractivity (Wildman–Crippen MR) is 82.0 cm³/mol. The molecule has 0 unspecified atom stereocenters. The van der Waals surface area contributed by atoms with Gasteiger partial charge in [-0.2, -0.15) is 0 Å². The number of hydrogen-bond donors (Lipinski definition) is 1. The number of hydrogen-bond acceptors (Lipinski definition) is 2. The normalized spacial score (nSPS) is 26.2. The van der Waals surface area contributed by atoms with Crippen molar-refractivity contribution < 1.29 is 4.79 Å². The quantitative estimate of drug-likeness (QED) is 0.917. The van der Waals surface area contributed by atoms with E-state index >= 15 is 0 Å². The second kappa shape index (κ2) is 6.40. The van der Waals surface area contributed by atoms with E-state index in [9.17, 15) is 4.79 Å². The molecule has 2 rings (SSSR count). The maximum absolute atomic E-state index is 12.8. The average Bonchev–Trinajstić information content (AvgIpc) is 2.49. The van der Waals surface area contributed by atoms with Crippen molar-refractivity contribution in [3.63, 3.8) is 0 Å². The molecule has 0 heterocycles. The SMILES string of the molecule is CC1CCC(CN)(C(=O)N(C)Cc2ccccc2)CC1. The van der Waals surface area contributed by atoms with Gasteiger partial charge in [0.15, 0.2) is 0 Å². The fourth-order valence-corrected chi connectivity index (χ4v) is 3.15. The first kappa shape index (κ1) is 15.0. The zero-order valence-corrected chi connectivity index (χ0v) is 12.6. The molecular weight excluding hydrogens is 248 g/mol. The van der Waals surface area contributed by atoms with E-state index in [1.807, 2.05) is 30.1 Å². The van der Waals surface area contributed by atoms with Crippen LogP contribution in [0.2, 0.25) is 0 Å². The number of nitrogens with zero attached hydrogens (tertiary/aromatic N) is 1. The first-order valence-corrected chi connectivity index (χ1v) is 7.57. The molecule has 0 saturated heterocycles. The third kappa shape index (κ3) is 3.21. The van der Waals surface area contributed by atoms with Crippen molar-refractivity contribution in [3.05, 3.63) is 35.9 Å². The first-order chi connectivity index (χ1) is 9.57. The van der Waals surface area contributed by atoms with Crippen LogP contribution >= 0.6 is 0 Å². The minimum atomic E-state index is -0.323. The van der Waals surface area contributed by atoms with Gasteiger partial charge in [-0.3, -0.25) is 4.79 Å². The van der Waals surface area contributed by atoms with Crippen molar-refractivity contribution in [2.24, 2.45) is 17.1 Å². The van der Waals surface area contributed by atoms with E-state index < -0.39 is 0 Å². The molecule has 0 aromatic heterocycles. The van der Waals surface area contributed by atoms with Gasteiger partial charge in [0.05, 0.1) is 5.41 Å². The molecule has 0 bridgehead atoms. The number of benzene rings is 1. The van der Waals surface area contributed by atoms with E-state index in [0.29, 0.717) is 13.1 Å². The van der Waals surface area contributed by atoms with Crippen LogP contribution in [0.25, 0.3) is 0 Å². The maximum Gasteiger partial charge on any atom is 0.230 e. The zero-order chi connectivity index (χ0) is 14.6. The Labute approximate surface area is 122 Å². The number of amides is 1. The number of carbonyl (C=O) groups excluding carboxylic acids is 1. The number of carbonyl (C=O) groups is 1. The highest BCUT2D eigenvalue weighted by Crippen LogP contribution is 2.39. The summed E-state index contributed by atoms with van der Waals surface area (Å²) in [6.07, 6.45) is 4.09. The van der Waals surface area contributed by atoms with E-state index in [2.05, 4.69) is 19.1 Å². The van der Waals surface area contributed by atoms with E-state index in [1.54, 1.807) is 0 Å². The molecule has 110 valence electrons. The topological polar surface area (TPSA) is 46.3 Å². The van der Waals surface area contributed by atoms with Gasteiger partial charge in [0.25, 0.3) is 0 Å². The molecular formula is C17H26N2O. The second-order valence-corrected chi connectivity index (χ2v) is 6.31. The van der Waals surface area contributed by atoms with Crippen LogP contribution in [0.5, 0.6) is 0 Å². The average molecular weight is 274 g/mol. The summed E-state index contributed by atoms with van der Waals surface area (Å²) in [6.45, 7) is 3.40. The molecule has 2 N–H and O–H groups in total. The van der Waals surface area contributed by atoms with Gasteiger partial charge in [0.1, 0.15) is 0 Å². The Morgan fingerprint density at radius 1 is 1.30 bits per heavy atom. The van der Waals surface area contributed by atoms with Crippen LogP contribution in [-0.4, -0.2) is 24.4 Å². The molecule has 1 aromatic carbocycles. The van der Waals surface area contributed by atoms with Gasteiger partial charge in [-0.15, -0.1) is 0 Å². The third-order valence-corrected chi connectivity index (χ3v) is 4.69. The van der Waals surface area contributed by atoms with Gasteiger partial charge in [0.2, 0.25) is 5.91 Å². The Balaban J connectivity index is 2.05. The van der Waals surface area contributed by atoms with Crippen molar-refractivity contribution >= 4 is 5.91 Å². The van der Waals surface area contributed by atoms with Gasteiger partial charge >= 0.3 is 0 Å². The van der Waals surface area contributed by atoms with Crippen molar-refractivity contribution in [1.82, 2.24) is 4.90 Å². The van der Waals surface area contributed by atoms with Crippen molar-refractivity contribution in [2.45, 2.75) is 39.2 Å². The lowest BCUT2D eigenvalue weighted by Gasteiger charge is -2.39. The zero-order valence-electron chi connectivity index (χ0n) is 12.6. The predicted octanol–water partition coefficient (Wildman–Crippen LogP) is 2.80. The van der Waals surface area contributed by atoms with Gasteiger partial charge in [-0.1, -0.05) is 37.3 Å². The third-order valence-electron chi connectivity index (χ3n) is 4.69. The Kier molecular flexibility index (Phi) is 4.81. The van der Waals surface area contributed by atoms with Crippen molar-refractivity contribution in [3.8, 4) is 0 Å². The molecule has 20 heavy (non-hydrogen) atoms. The first-order valence-electron chi connectivity index (χ1n) is 7.57. The van der Waals surface area contributed by atoms with Gasteiger partial charge in [-0.25, -0.2) is 0 Å².